The molecule has 0 aromatic heterocycles. The molecule has 0 rings (SSSR count). The van der Waals surface area contributed by atoms with Crippen LogP contribution >= 0.6 is 0 Å². The summed E-state index contributed by atoms with van der Waals surface area (Å²) in [6, 6.07) is 0. The van der Waals surface area contributed by atoms with Crippen LogP contribution in [0.4, 0.5) is 0 Å². The predicted molar refractivity (Wildman–Crippen MR) is 22.3 cm³/mol. The second kappa shape index (κ2) is 2.71. The Hall–Kier alpha value is 0.483. The Kier molecular flexibility index (Phi) is 2.90. The average molecular weight is 181 g/mol. The first-order valence-corrected chi connectivity index (χ1v) is 8.01. The molecule has 3 heteroatoms. The van der Waals surface area contributed by atoms with Gasteiger partial charge in [-0.05, 0) is 0 Å². The monoisotopic (exact) mass is 180 g/mol. The molecule has 0 aliphatic heterocycles. The first kappa shape index (κ1) is 7.48. The summed E-state index contributed by atoms with van der Waals surface area (Å²) in [5.74, 6) is 0. The van der Waals surface area contributed by atoms with E-state index in [0.717, 1.165) is 0 Å². The van der Waals surface area contributed by atoms with Gasteiger partial charge in [0.15, 0.2) is 0 Å². The molecule has 0 saturated heterocycles. The minimum absolute atomic E-state index is 0.394. The molecule has 2 nitrogen and oxygen atoms in total. The van der Waals surface area contributed by atoms with E-state index in [0.29, 0.717) is 8.26 Å². The zero-order chi connectivity index (χ0) is 5.91. The van der Waals surface area contributed by atoms with Crippen molar-refractivity contribution in [1.82, 2.24) is 0 Å². The molecule has 0 atom stereocenters. The Morgan fingerprint density at radius 3 is 1.43 bits per heavy atom. The molecule has 0 saturated carbocycles. The fourth-order valence-corrected chi connectivity index (χ4v) is 1.48. The molecule has 0 fully saturated rings. The molecule has 0 aromatic carbocycles. The van der Waals surface area contributed by atoms with Crippen LogP contribution in [0.5, 0.6) is 0 Å². The van der Waals surface area contributed by atoms with Gasteiger partial charge in [-0.2, -0.15) is 0 Å². The summed E-state index contributed by atoms with van der Waals surface area (Å²) in [6.45, 7) is 3.42. The van der Waals surface area contributed by atoms with Crippen molar-refractivity contribution in [1.29, 1.82) is 0 Å². The van der Waals surface area contributed by atoms with Gasteiger partial charge in [0.1, 0.15) is 0 Å². The summed E-state index contributed by atoms with van der Waals surface area (Å²) in [4.78, 5) is 0. The molecule has 0 bridgehead atoms. The summed E-state index contributed by atoms with van der Waals surface area (Å²) in [7, 11) is 0. The molecule has 0 aromatic rings. The van der Waals surface area contributed by atoms with E-state index in [2.05, 4.69) is 0 Å². The molecule has 0 radical (unpaired) electrons. The maximum atomic E-state index is 10.5. The molecular formula is C4H10O2Zr. The van der Waals surface area contributed by atoms with Crippen LogP contribution in [0.3, 0.4) is 0 Å². The Labute approximate surface area is 48.2 Å². The van der Waals surface area contributed by atoms with Gasteiger partial charge in [-0.15, -0.1) is 0 Å². The van der Waals surface area contributed by atoms with Gasteiger partial charge >= 0.3 is 48.0 Å². The van der Waals surface area contributed by atoms with E-state index < -0.39 is 20.3 Å². The van der Waals surface area contributed by atoms with Gasteiger partial charge in [0.05, 0.1) is 0 Å². The summed E-state index contributed by atoms with van der Waals surface area (Å²) in [6.07, 6.45) is 0. The minimum atomic E-state index is -3.78. The standard InChI is InChI=1S/2C2H5.2O.Zr/c2*1-2;;;/h2*1H2,2H3;;;. The number of rotatable bonds is 2. The van der Waals surface area contributed by atoms with Crippen LogP contribution in [0.2, 0.25) is 8.26 Å². The van der Waals surface area contributed by atoms with E-state index in [-0.39, 0.29) is 0 Å². The van der Waals surface area contributed by atoms with Crippen LogP contribution < -0.4 is 0 Å². The van der Waals surface area contributed by atoms with Gasteiger partial charge in [0, 0.05) is 0 Å². The molecule has 0 amide bonds. The molecule has 7 heavy (non-hydrogen) atoms. The van der Waals surface area contributed by atoms with Crippen LogP contribution in [0.25, 0.3) is 0 Å². The molecule has 0 aliphatic rings. The first-order chi connectivity index (χ1) is 3.12. The summed E-state index contributed by atoms with van der Waals surface area (Å²) in [5, 5.41) is 0. The van der Waals surface area contributed by atoms with Gasteiger partial charge in [0.2, 0.25) is 0 Å². The van der Waals surface area contributed by atoms with Crippen LogP contribution in [0, 0.1) is 0 Å². The summed E-state index contributed by atoms with van der Waals surface area (Å²) < 4.78 is 21.8. The Balaban J connectivity index is 3.89. The predicted octanol–water partition coefficient (Wildman–Crippen LogP) is 1.71. The Morgan fingerprint density at radius 1 is 1.14 bits per heavy atom. The third-order valence-corrected chi connectivity index (χ3v) is 6.37. The van der Waals surface area contributed by atoms with Gasteiger partial charge in [-0.3, -0.25) is 0 Å². The second-order valence-corrected chi connectivity index (χ2v) is 9.57. The Morgan fingerprint density at radius 2 is 1.43 bits per heavy atom. The van der Waals surface area contributed by atoms with Crippen LogP contribution in [0.1, 0.15) is 13.8 Å². The third kappa shape index (κ3) is 3.10. The first-order valence-electron chi connectivity index (χ1n) is 2.53. The summed E-state index contributed by atoms with van der Waals surface area (Å²) in [5.41, 5.74) is 0. The normalized spacial score (nSPS) is 9.43. The van der Waals surface area contributed by atoms with Crippen molar-refractivity contribution in [2.45, 2.75) is 22.1 Å². The van der Waals surface area contributed by atoms with Crippen LogP contribution in [-0.4, -0.2) is 0 Å². The molecule has 0 N–H and O–H groups in total. The molecule has 0 unspecified atom stereocenters. The van der Waals surface area contributed by atoms with Crippen molar-refractivity contribution < 1.29 is 25.9 Å². The molecule has 42 valence electrons. The van der Waals surface area contributed by atoms with Crippen molar-refractivity contribution in [3.05, 3.63) is 0 Å². The van der Waals surface area contributed by atoms with E-state index in [1.54, 1.807) is 13.8 Å². The fourth-order valence-electron chi connectivity index (χ4n) is 0.250. The van der Waals surface area contributed by atoms with Crippen molar-refractivity contribution >= 4 is 0 Å². The third-order valence-electron chi connectivity index (χ3n) is 1.08. The Bertz CT molecular complexity index is 113. The van der Waals surface area contributed by atoms with Gasteiger partial charge in [0.25, 0.3) is 0 Å². The van der Waals surface area contributed by atoms with Gasteiger partial charge < -0.3 is 0 Å². The van der Waals surface area contributed by atoms with E-state index in [1.807, 2.05) is 0 Å². The zero-order valence-electron chi connectivity index (χ0n) is 4.73. The van der Waals surface area contributed by atoms with E-state index in [1.165, 1.54) is 0 Å². The molecular weight excluding hydrogens is 171 g/mol. The number of hydrogen-bond acceptors (Lipinski definition) is 2. The van der Waals surface area contributed by atoms with Gasteiger partial charge in [-0.1, -0.05) is 0 Å². The van der Waals surface area contributed by atoms with Crippen LogP contribution in [0.15, 0.2) is 0 Å². The van der Waals surface area contributed by atoms with E-state index in [4.69, 9.17) is 0 Å². The van der Waals surface area contributed by atoms with Gasteiger partial charge in [-0.25, -0.2) is 0 Å². The molecule has 0 spiro atoms. The van der Waals surface area contributed by atoms with Crippen molar-refractivity contribution in [2.24, 2.45) is 0 Å². The average Bonchev–Trinajstić information content (AvgIpc) is 1.68. The van der Waals surface area contributed by atoms with Crippen molar-refractivity contribution in [2.75, 3.05) is 0 Å². The number of hydrogen-bond donors (Lipinski definition) is 0. The zero-order valence-corrected chi connectivity index (χ0v) is 7.19. The van der Waals surface area contributed by atoms with Crippen molar-refractivity contribution in [3.8, 4) is 0 Å². The molecule has 0 aliphatic carbocycles. The topological polar surface area (TPSA) is 34.1 Å². The van der Waals surface area contributed by atoms with E-state index >= 15 is 0 Å². The SMILES string of the molecule is C[CH2][Zr](=[O])(=[O])[CH2]C. The quantitative estimate of drug-likeness (QED) is 0.650. The maximum absolute atomic E-state index is 10.5. The van der Waals surface area contributed by atoms with Crippen LogP contribution in [-0.2, 0) is 25.9 Å². The molecule has 0 heterocycles. The summed E-state index contributed by atoms with van der Waals surface area (Å²) >= 11 is -3.78. The fraction of sp³-hybridized carbons (Fsp3) is 1.00. The van der Waals surface area contributed by atoms with E-state index in [9.17, 15) is 5.63 Å². The second-order valence-electron chi connectivity index (χ2n) is 1.62. The van der Waals surface area contributed by atoms with Crippen molar-refractivity contribution in [3.63, 3.8) is 0 Å².